The minimum absolute atomic E-state index is 0.0197. The Bertz CT molecular complexity index is 351. The molecule has 76 valence electrons. The number of benzene rings is 1. The molecule has 1 saturated carbocycles. The van der Waals surface area contributed by atoms with Gasteiger partial charge >= 0.3 is 0 Å². The molecule has 1 aromatic rings. The first-order chi connectivity index (χ1) is 6.61. The normalized spacial score (nSPS) is 31.3. The van der Waals surface area contributed by atoms with Crippen molar-refractivity contribution in [2.75, 3.05) is 0 Å². The minimum Gasteiger partial charge on any atom is -0.393 e. The molecule has 1 N–H and O–H groups in total. The third-order valence-electron chi connectivity index (χ3n) is 3.12. The van der Waals surface area contributed by atoms with Crippen LogP contribution in [0.2, 0.25) is 0 Å². The molecule has 0 aromatic heterocycles. The highest BCUT2D eigenvalue weighted by Crippen LogP contribution is 2.43. The highest BCUT2D eigenvalue weighted by atomic mass is 19.2. The van der Waals surface area contributed by atoms with Gasteiger partial charge in [-0.25, -0.2) is 8.78 Å². The second-order valence-electron chi connectivity index (χ2n) is 3.91. The zero-order valence-electron chi connectivity index (χ0n) is 7.87. The quantitative estimate of drug-likeness (QED) is 0.734. The Morgan fingerprint density at radius 3 is 2.64 bits per heavy atom. The maximum absolute atomic E-state index is 13.3. The lowest BCUT2D eigenvalue weighted by Gasteiger charge is -2.39. The van der Waals surface area contributed by atoms with Gasteiger partial charge in [-0.05, 0) is 29.9 Å². The van der Waals surface area contributed by atoms with Crippen molar-refractivity contribution in [3.8, 4) is 0 Å². The second-order valence-corrected chi connectivity index (χ2v) is 3.91. The van der Waals surface area contributed by atoms with Crippen LogP contribution in [0.25, 0.3) is 0 Å². The molecule has 0 bridgehead atoms. The molecule has 0 radical (unpaired) electrons. The van der Waals surface area contributed by atoms with Crippen molar-refractivity contribution < 1.29 is 13.9 Å². The van der Waals surface area contributed by atoms with Crippen LogP contribution in [0.1, 0.15) is 24.8 Å². The number of aliphatic hydroxyl groups is 1. The first-order valence-electron chi connectivity index (χ1n) is 4.73. The Hall–Kier alpha value is -0.960. The molecule has 3 unspecified atom stereocenters. The maximum Gasteiger partial charge on any atom is 0.162 e. The van der Waals surface area contributed by atoms with Crippen molar-refractivity contribution in [2.24, 2.45) is 5.92 Å². The molecule has 3 heteroatoms. The van der Waals surface area contributed by atoms with E-state index in [1.807, 2.05) is 6.92 Å². The van der Waals surface area contributed by atoms with E-state index in [9.17, 15) is 13.9 Å². The van der Waals surface area contributed by atoms with E-state index < -0.39 is 11.6 Å². The minimum atomic E-state index is -0.809. The van der Waals surface area contributed by atoms with Crippen LogP contribution < -0.4 is 0 Å². The summed E-state index contributed by atoms with van der Waals surface area (Å²) in [6, 6.07) is 4.20. The lowest BCUT2D eigenvalue weighted by Crippen LogP contribution is -2.37. The van der Waals surface area contributed by atoms with Gasteiger partial charge in [-0.1, -0.05) is 19.1 Å². The molecule has 1 fully saturated rings. The molecule has 1 aromatic carbocycles. The molecular weight excluding hydrogens is 186 g/mol. The van der Waals surface area contributed by atoms with Crippen LogP contribution in [0, 0.1) is 17.6 Å². The van der Waals surface area contributed by atoms with Gasteiger partial charge in [0.2, 0.25) is 0 Å². The highest BCUT2D eigenvalue weighted by Gasteiger charge is 2.38. The van der Waals surface area contributed by atoms with Crippen molar-refractivity contribution in [1.29, 1.82) is 0 Å². The van der Waals surface area contributed by atoms with Crippen molar-refractivity contribution in [3.05, 3.63) is 35.4 Å². The largest absolute Gasteiger partial charge is 0.393 e. The zero-order chi connectivity index (χ0) is 10.3. The number of aliphatic hydroxyl groups excluding tert-OH is 1. The summed E-state index contributed by atoms with van der Waals surface area (Å²) >= 11 is 0. The standard InChI is InChI=1S/C11H12F2O/c1-6-8(5-10(6)14)7-3-2-4-9(12)11(7)13/h2-4,6,8,10,14H,5H2,1H3. The molecule has 3 atom stereocenters. The van der Waals surface area contributed by atoms with E-state index in [4.69, 9.17) is 0 Å². The predicted molar refractivity (Wildman–Crippen MR) is 48.9 cm³/mol. The van der Waals surface area contributed by atoms with E-state index >= 15 is 0 Å². The third-order valence-corrected chi connectivity index (χ3v) is 3.12. The van der Waals surface area contributed by atoms with E-state index in [1.54, 1.807) is 6.07 Å². The van der Waals surface area contributed by atoms with Gasteiger partial charge in [-0.3, -0.25) is 0 Å². The average Bonchev–Trinajstić information content (AvgIpc) is 2.19. The Morgan fingerprint density at radius 1 is 1.36 bits per heavy atom. The van der Waals surface area contributed by atoms with Crippen LogP contribution in [0.15, 0.2) is 18.2 Å². The van der Waals surface area contributed by atoms with Gasteiger partial charge in [0.1, 0.15) is 0 Å². The van der Waals surface area contributed by atoms with Gasteiger partial charge in [0.05, 0.1) is 6.10 Å². The van der Waals surface area contributed by atoms with Crippen molar-refractivity contribution >= 4 is 0 Å². The lowest BCUT2D eigenvalue weighted by atomic mass is 9.68. The first-order valence-corrected chi connectivity index (χ1v) is 4.73. The van der Waals surface area contributed by atoms with Crippen LogP contribution in [-0.2, 0) is 0 Å². The number of rotatable bonds is 1. The fraction of sp³-hybridized carbons (Fsp3) is 0.455. The fourth-order valence-electron chi connectivity index (χ4n) is 1.98. The fourth-order valence-corrected chi connectivity index (χ4v) is 1.98. The van der Waals surface area contributed by atoms with Crippen LogP contribution in [-0.4, -0.2) is 11.2 Å². The molecule has 0 amide bonds. The van der Waals surface area contributed by atoms with Crippen LogP contribution in [0.4, 0.5) is 8.78 Å². The van der Waals surface area contributed by atoms with Crippen molar-refractivity contribution in [1.82, 2.24) is 0 Å². The predicted octanol–water partition coefficient (Wildman–Crippen LogP) is 2.45. The summed E-state index contributed by atoms with van der Waals surface area (Å²) in [5.41, 5.74) is 0.391. The van der Waals surface area contributed by atoms with E-state index in [1.165, 1.54) is 6.07 Å². The Labute approximate surface area is 81.4 Å². The Balaban J connectivity index is 2.29. The molecular formula is C11H12F2O. The molecule has 0 heterocycles. The first kappa shape index (κ1) is 9.59. The summed E-state index contributed by atoms with van der Waals surface area (Å²) in [6.07, 6.45) is 0.157. The van der Waals surface area contributed by atoms with Crippen LogP contribution in [0.5, 0.6) is 0 Å². The smallest absolute Gasteiger partial charge is 0.162 e. The SMILES string of the molecule is CC1C(O)CC1c1cccc(F)c1F. The highest BCUT2D eigenvalue weighted by molar-refractivity contribution is 5.26. The summed E-state index contributed by atoms with van der Waals surface area (Å²) in [5, 5.41) is 9.29. The third kappa shape index (κ3) is 1.32. The summed E-state index contributed by atoms with van der Waals surface area (Å²) in [6.45, 7) is 1.85. The number of halogens is 2. The zero-order valence-corrected chi connectivity index (χ0v) is 7.87. The monoisotopic (exact) mass is 198 g/mol. The Kier molecular flexibility index (Phi) is 2.27. The average molecular weight is 198 g/mol. The van der Waals surface area contributed by atoms with Crippen molar-refractivity contribution in [2.45, 2.75) is 25.4 Å². The van der Waals surface area contributed by atoms with E-state index in [-0.39, 0.29) is 17.9 Å². The molecule has 0 aliphatic heterocycles. The Morgan fingerprint density at radius 2 is 2.07 bits per heavy atom. The van der Waals surface area contributed by atoms with E-state index in [2.05, 4.69) is 0 Å². The van der Waals surface area contributed by atoms with Gasteiger partial charge in [0, 0.05) is 0 Å². The van der Waals surface area contributed by atoms with Crippen molar-refractivity contribution in [3.63, 3.8) is 0 Å². The molecule has 1 aliphatic rings. The molecule has 1 nitrogen and oxygen atoms in total. The van der Waals surface area contributed by atoms with Crippen LogP contribution in [0.3, 0.4) is 0 Å². The lowest BCUT2D eigenvalue weighted by molar-refractivity contribution is 0.0104. The maximum atomic E-state index is 13.3. The van der Waals surface area contributed by atoms with Gasteiger partial charge in [0.15, 0.2) is 11.6 Å². The van der Waals surface area contributed by atoms with Gasteiger partial charge in [0.25, 0.3) is 0 Å². The summed E-state index contributed by atoms with van der Waals surface area (Å²) in [5.74, 6) is -1.60. The number of hydrogen-bond acceptors (Lipinski definition) is 1. The van der Waals surface area contributed by atoms with E-state index in [0.29, 0.717) is 12.0 Å². The van der Waals surface area contributed by atoms with Gasteiger partial charge in [-0.15, -0.1) is 0 Å². The molecule has 0 spiro atoms. The summed E-state index contributed by atoms with van der Waals surface area (Å²) in [7, 11) is 0. The second kappa shape index (κ2) is 3.31. The topological polar surface area (TPSA) is 20.2 Å². The molecule has 0 saturated heterocycles. The summed E-state index contributed by atoms with van der Waals surface area (Å²) < 4.78 is 26.2. The summed E-state index contributed by atoms with van der Waals surface area (Å²) in [4.78, 5) is 0. The van der Waals surface area contributed by atoms with Gasteiger partial charge in [-0.2, -0.15) is 0 Å². The van der Waals surface area contributed by atoms with Crippen LogP contribution >= 0.6 is 0 Å². The van der Waals surface area contributed by atoms with E-state index in [0.717, 1.165) is 6.07 Å². The van der Waals surface area contributed by atoms with Gasteiger partial charge < -0.3 is 5.11 Å². The molecule has 14 heavy (non-hydrogen) atoms. The number of hydrogen-bond donors (Lipinski definition) is 1. The molecule has 2 rings (SSSR count). The molecule has 1 aliphatic carbocycles.